The molecule has 1 rings (SSSR count). The van der Waals surface area contributed by atoms with Crippen molar-refractivity contribution in [1.82, 2.24) is 9.78 Å². The van der Waals surface area contributed by atoms with Crippen molar-refractivity contribution < 1.29 is 0 Å². The van der Waals surface area contributed by atoms with Crippen LogP contribution in [0.3, 0.4) is 0 Å². The molecule has 1 heterocycles. The quantitative estimate of drug-likeness (QED) is 0.668. The molecule has 0 saturated heterocycles. The van der Waals surface area contributed by atoms with E-state index in [1.54, 1.807) is 12.1 Å². The summed E-state index contributed by atoms with van der Waals surface area (Å²) in [7, 11) is 0. The summed E-state index contributed by atoms with van der Waals surface area (Å²) in [6, 6.07) is 3.21. The number of allylic oxidation sites excluding steroid dienone is 1. The second-order valence-corrected chi connectivity index (χ2v) is 2.70. The fraction of sp³-hybridized carbons (Fsp3) is 0.333. The predicted octanol–water partition coefficient (Wildman–Crippen LogP) is 0.0666. The van der Waals surface area contributed by atoms with Crippen molar-refractivity contribution in [3.8, 4) is 0 Å². The summed E-state index contributed by atoms with van der Waals surface area (Å²) in [5.74, 6) is 0. The molecule has 0 aromatic carbocycles. The highest BCUT2D eigenvalue weighted by Gasteiger charge is 1.93. The molecule has 0 fully saturated rings. The number of aryl methyl sites for hydroxylation is 1. The Kier molecular flexibility index (Phi) is 3.40. The zero-order chi connectivity index (χ0) is 9.68. The number of rotatable bonds is 3. The van der Waals surface area contributed by atoms with Crippen LogP contribution in [0.25, 0.3) is 0 Å². The molecule has 2 N–H and O–H groups in total. The van der Waals surface area contributed by atoms with Gasteiger partial charge in [-0.05, 0) is 13.0 Å². The first-order chi connectivity index (χ1) is 6.24. The topological polar surface area (TPSA) is 60.9 Å². The monoisotopic (exact) mass is 179 g/mol. The fourth-order valence-corrected chi connectivity index (χ4v) is 0.952. The molecule has 0 spiro atoms. The van der Waals surface area contributed by atoms with Crippen LogP contribution >= 0.6 is 0 Å². The summed E-state index contributed by atoms with van der Waals surface area (Å²) in [5.41, 5.74) is 6.01. The molecule has 4 heteroatoms. The predicted molar refractivity (Wildman–Crippen MR) is 51.4 cm³/mol. The third-order valence-corrected chi connectivity index (χ3v) is 1.58. The van der Waals surface area contributed by atoms with Gasteiger partial charge >= 0.3 is 0 Å². The van der Waals surface area contributed by atoms with Crippen LogP contribution in [0.4, 0.5) is 0 Å². The van der Waals surface area contributed by atoms with Gasteiger partial charge < -0.3 is 5.73 Å². The average molecular weight is 179 g/mol. The zero-order valence-corrected chi connectivity index (χ0v) is 7.60. The summed E-state index contributed by atoms with van der Waals surface area (Å²) in [6.07, 6.45) is 3.63. The largest absolute Gasteiger partial charge is 0.327 e. The van der Waals surface area contributed by atoms with Gasteiger partial charge in [-0.15, -0.1) is 0 Å². The molecule has 13 heavy (non-hydrogen) atoms. The molecule has 1 aromatic rings. The standard InChI is InChI=1S/C9H13N3O/c1-8-4-5-9(13)12(11-8)7-3-2-6-10/h2-5H,6-7,10H2,1H3. The van der Waals surface area contributed by atoms with Gasteiger partial charge in [0.2, 0.25) is 0 Å². The van der Waals surface area contributed by atoms with Crippen molar-refractivity contribution in [3.63, 3.8) is 0 Å². The van der Waals surface area contributed by atoms with Crippen molar-refractivity contribution in [1.29, 1.82) is 0 Å². The molecule has 0 atom stereocenters. The van der Waals surface area contributed by atoms with Crippen molar-refractivity contribution in [2.24, 2.45) is 5.73 Å². The molecule has 0 bridgehead atoms. The number of nitrogens with zero attached hydrogens (tertiary/aromatic N) is 2. The van der Waals surface area contributed by atoms with Crippen molar-refractivity contribution in [2.45, 2.75) is 13.5 Å². The molecule has 4 nitrogen and oxygen atoms in total. The third kappa shape index (κ3) is 2.83. The van der Waals surface area contributed by atoms with Gasteiger partial charge in [-0.3, -0.25) is 4.79 Å². The maximum Gasteiger partial charge on any atom is 0.267 e. The maximum absolute atomic E-state index is 11.2. The Labute approximate surface area is 76.7 Å². The number of hydrogen-bond donors (Lipinski definition) is 1. The van der Waals surface area contributed by atoms with E-state index in [0.717, 1.165) is 5.69 Å². The number of nitrogens with two attached hydrogens (primary N) is 1. The highest BCUT2D eigenvalue weighted by molar-refractivity contribution is 4.98. The molecule has 0 aliphatic carbocycles. The Morgan fingerprint density at radius 3 is 3.00 bits per heavy atom. The lowest BCUT2D eigenvalue weighted by atomic mass is 10.4. The fourth-order valence-electron chi connectivity index (χ4n) is 0.952. The Balaban J connectivity index is 2.82. The second-order valence-electron chi connectivity index (χ2n) is 2.70. The molecule has 0 radical (unpaired) electrons. The molecular weight excluding hydrogens is 166 g/mol. The van der Waals surface area contributed by atoms with Crippen LogP contribution in [0.2, 0.25) is 0 Å². The third-order valence-electron chi connectivity index (χ3n) is 1.58. The van der Waals surface area contributed by atoms with E-state index >= 15 is 0 Å². The van der Waals surface area contributed by atoms with Gasteiger partial charge in [0.25, 0.3) is 5.56 Å². The average Bonchev–Trinajstić information content (AvgIpc) is 2.11. The summed E-state index contributed by atoms with van der Waals surface area (Å²) in [6.45, 7) is 2.82. The van der Waals surface area contributed by atoms with Crippen LogP contribution in [-0.2, 0) is 6.54 Å². The van der Waals surface area contributed by atoms with Crippen LogP contribution in [0.15, 0.2) is 29.1 Å². The van der Waals surface area contributed by atoms with Crippen LogP contribution in [0.1, 0.15) is 5.69 Å². The first kappa shape index (κ1) is 9.67. The lowest BCUT2D eigenvalue weighted by Crippen LogP contribution is -2.21. The molecule has 70 valence electrons. The van der Waals surface area contributed by atoms with Crippen molar-refractivity contribution in [2.75, 3.05) is 6.54 Å². The molecule has 1 aromatic heterocycles. The maximum atomic E-state index is 11.2. The summed E-state index contributed by atoms with van der Waals surface area (Å²) in [4.78, 5) is 11.2. The molecule has 0 aliphatic rings. The SMILES string of the molecule is Cc1ccc(=O)n(CC=CCN)n1. The molecule has 0 aliphatic heterocycles. The molecule has 0 unspecified atom stereocenters. The number of aromatic nitrogens is 2. The van der Waals surface area contributed by atoms with E-state index in [-0.39, 0.29) is 5.56 Å². The first-order valence-electron chi connectivity index (χ1n) is 4.14. The van der Waals surface area contributed by atoms with E-state index in [2.05, 4.69) is 5.10 Å². The minimum absolute atomic E-state index is 0.0905. The van der Waals surface area contributed by atoms with E-state index in [4.69, 9.17) is 5.73 Å². The van der Waals surface area contributed by atoms with Crippen LogP contribution in [0, 0.1) is 6.92 Å². The highest BCUT2D eigenvalue weighted by atomic mass is 16.1. The zero-order valence-electron chi connectivity index (χ0n) is 7.60. The summed E-state index contributed by atoms with van der Waals surface area (Å²) < 4.78 is 1.40. The van der Waals surface area contributed by atoms with Gasteiger partial charge in [0.05, 0.1) is 12.2 Å². The molecule has 0 saturated carbocycles. The molecule has 0 amide bonds. The van der Waals surface area contributed by atoms with Gasteiger partial charge in [0, 0.05) is 12.6 Å². The van der Waals surface area contributed by atoms with Gasteiger partial charge in [-0.25, -0.2) is 4.68 Å². The van der Waals surface area contributed by atoms with Gasteiger partial charge in [-0.2, -0.15) is 5.10 Å². The second kappa shape index (κ2) is 4.57. The Hall–Kier alpha value is -1.42. The minimum atomic E-state index is -0.0905. The Morgan fingerprint density at radius 2 is 2.31 bits per heavy atom. The van der Waals surface area contributed by atoms with Gasteiger partial charge in [-0.1, -0.05) is 12.2 Å². The van der Waals surface area contributed by atoms with E-state index < -0.39 is 0 Å². The van der Waals surface area contributed by atoms with Crippen molar-refractivity contribution in [3.05, 3.63) is 40.3 Å². The number of hydrogen-bond acceptors (Lipinski definition) is 3. The smallest absolute Gasteiger partial charge is 0.267 e. The lowest BCUT2D eigenvalue weighted by molar-refractivity contribution is 0.639. The highest BCUT2D eigenvalue weighted by Crippen LogP contribution is 1.86. The van der Waals surface area contributed by atoms with Crippen LogP contribution in [-0.4, -0.2) is 16.3 Å². The van der Waals surface area contributed by atoms with Gasteiger partial charge in [0.1, 0.15) is 0 Å². The lowest BCUT2D eigenvalue weighted by Gasteiger charge is -2.00. The van der Waals surface area contributed by atoms with E-state index in [1.807, 2.05) is 13.0 Å². The Morgan fingerprint density at radius 1 is 1.54 bits per heavy atom. The van der Waals surface area contributed by atoms with E-state index in [9.17, 15) is 4.79 Å². The minimum Gasteiger partial charge on any atom is -0.327 e. The van der Waals surface area contributed by atoms with Crippen molar-refractivity contribution >= 4 is 0 Å². The van der Waals surface area contributed by atoms with E-state index in [0.29, 0.717) is 13.1 Å². The summed E-state index contributed by atoms with van der Waals surface area (Å²) in [5, 5.41) is 4.06. The van der Waals surface area contributed by atoms with Gasteiger partial charge in [0.15, 0.2) is 0 Å². The first-order valence-corrected chi connectivity index (χ1v) is 4.14. The molecular formula is C9H13N3O. The van der Waals surface area contributed by atoms with Crippen LogP contribution in [0.5, 0.6) is 0 Å². The normalized spacial score (nSPS) is 10.9. The van der Waals surface area contributed by atoms with E-state index in [1.165, 1.54) is 10.7 Å². The summed E-state index contributed by atoms with van der Waals surface area (Å²) >= 11 is 0. The Bertz CT molecular complexity index is 354. The van der Waals surface area contributed by atoms with Crippen LogP contribution < -0.4 is 11.3 Å².